The number of carbonyl (C=O) groups is 1. The van der Waals surface area contributed by atoms with E-state index in [1.807, 2.05) is 0 Å². The highest BCUT2D eigenvalue weighted by atomic mass is 35.5. The van der Waals surface area contributed by atoms with Crippen molar-refractivity contribution in [3.8, 4) is 0 Å². The van der Waals surface area contributed by atoms with E-state index in [-0.39, 0.29) is 5.43 Å². The highest BCUT2D eigenvalue weighted by Crippen LogP contribution is 2.26. The number of carbonyl (C=O) groups excluding carboxylic acids is 1. The summed E-state index contributed by atoms with van der Waals surface area (Å²) in [6, 6.07) is 3.13. The Morgan fingerprint density at radius 2 is 2.00 bits per heavy atom. The summed E-state index contributed by atoms with van der Waals surface area (Å²) in [5.74, 6) is 0. The largest absolute Gasteiger partial charge is 0.462 e. The number of quaternary nitrogens is 1. The quantitative estimate of drug-likeness (QED) is 0.846. The molecule has 1 aromatic heterocycles. The van der Waals surface area contributed by atoms with Gasteiger partial charge in [0.25, 0.3) is 0 Å². The van der Waals surface area contributed by atoms with Gasteiger partial charge in [-0.25, -0.2) is 0 Å². The Morgan fingerprint density at radius 1 is 1.27 bits per heavy atom. The van der Waals surface area contributed by atoms with Crippen molar-refractivity contribution in [2.24, 2.45) is 0 Å². The zero-order valence-electron chi connectivity index (χ0n) is 11.8. The molecule has 1 fully saturated rings. The fraction of sp³-hybridized carbons (Fsp3) is 0.333. The van der Waals surface area contributed by atoms with Crippen LogP contribution in [0.4, 0.5) is 0 Å². The summed E-state index contributed by atoms with van der Waals surface area (Å²) in [7, 11) is 0. The first-order chi connectivity index (χ1) is 10.6. The maximum Gasteiger partial charge on any atom is 0.210 e. The van der Waals surface area contributed by atoms with Gasteiger partial charge in [0, 0.05) is 5.02 Å². The number of nitrogens with one attached hydrogen (secondary N) is 1. The lowest BCUT2D eigenvalue weighted by Gasteiger charge is -2.29. The van der Waals surface area contributed by atoms with Gasteiger partial charge in [0.2, 0.25) is 11.8 Å². The number of piperazine rings is 1. The first-order valence-electron chi connectivity index (χ1n) is 7.01. The summed E-state index contributed by atoms with van der Waals surface area (Å²) < 4.78 is 5.52. The predicted molar refractivity (Wildman–Crippen MR) is 84.5 cm³/mol. The fourth-order valence-electron chi connectivity index (χ4n) is 2.72. The van der Waals surface area contributed by atoms with Gasteiger partial charge in [-0.1, -0.05) is 23.2 Å². The van der Waals surface area contributed by atoms with Crippen LogP contribution in [0.5, 0.6) is 0 Å². The number of amides is 1. The highest BCUT2D eigenvalue weighted by Gasteiger charge is 2.21. The molecule has 5 nitrogen and oxygen atoms in total. The predicted octanol–water partition coefficient (Wildman–Crippen LogP) is 0.957. The van der Waals surface area contributed by atoms with Crippen LogP contribution in [0.15, 0.2) is 27.6 Å². The van der Waals surface area contributed by atoms with Crippen molar-refractivity contribution in [2.45, 2.75) is 6.54 Å². The minimum atomic E-state index is -0.101. The Kier molecular flexibility index (Phi) is 4.38. The third kappa shape index (κ3) is 2.97. The van der Waals surface area contributed by atoms with Crippen molar-refractivity contribution in [2.75, 3.05) is 26.2 Å². The molecule has 3 rings (SSSR count). The van der Waals surface area contributed by atoms with Gasteiger partial charge in [-0.2, -0.15) is 0 Å². The summed E-state index contributed by atoms with van der Waals surface area (Å²) >= 11 is 12.0. The fourth-order valence-corrected chi connectivity index (χ4v) is 3.26. The third-order valence-electron chi connectivity index (χ3n) is 3.96. The molecule has 22 heavy (non-hydrogen) atoms. The topological polar surface area (TPSA) is 55.0 Å². The zero-order valence-corrected chi connectivity index (χ0v) is 13.3. The van der Waals surface area contributed by atoms with Gasteiger partial charge in [0.15, 0.2) is 5.58 Å². The SMILES string of the molecule is O=CN1CC[NH+](Cc2coc3c(Cl)cc(Cl)cc3c2=O)CC1. The van der Waals surface area contributed by atoms with E-state index in [0.29, 0.717) is 46.2 Å². The molecule has 1 aliphatic rings. The summed E-state index contributed by atoms with van der Waals surface area (Å²) in [6.45, 7) is 3.60. The molecule has 1 aliphatic heterocycles. The van der Waals surface area contributed by atoms with Crippen LogP contribution in [0.3, 0.4) is 0 Å². The van der Waals surface area contributed by atoms with E-state index < -0.39 is 0 Å². The van der Waals surface area contributed by atoms with Gasteiger partial charge in [-0.15, -0.1) is 0 Å². The lowest BCUT2D eigenvalue weighted by Crippen LogP contribution is -3.13. The van der Waals surface area contributed by atoms with E-state index in [2.05, 4.69) is 0 Å². The van der Waals surface area contributed by atoms with E-state index in [1.54, 1.807) is 17.0 Å². The average molecular weight is 342 g/mol. The van der Waals surface area contributed by atoms with Crippen LogP contribution >= 0.6 is 23.2 Å². The van der Waals surface area contributed by atoms with Crippen molar-refractivity contribution >= 4 is 40.6 Å². The molecule has 2 aromatic rings. The van der Waals surface area contributed by atoms with E-state index in [9.17, 15) is 9.59 Å². The van der Waals surface area contributed by atoms with Crippen LogP contribution in [0.2, 0.25) is 10.0 Å². The van der Waals surface area contributed by atoms with Crippen molar-refractivity contribution in [3.63, 3.8) is 0 Å². The number of fused-ring (bicyclic) bond motifs is 1. The van der Waals surface area contributed by atoms with Crippen LogP contribution in [0.1, 0.15) is 5.56 Å². The average Bonchev–Trinajstić information content (AvgIpc) is 2.51. The molecule has 1 amide bonds. The number of hydrogen-bond acceptors (Lipinski definition) is 3. The van der Waals surface area contributed by atoms with Crippen LogP contribution in [-0.4, -0.2) is 37.5 Å². The second-order valence-corrected chi connectivity index (χ2v) is 6.27. The van der Waals surface area contributed by atoms with Gasteiger partial charge in [0.1, 0.15) is 12.8 Å². The van der Waals surface area contributed by atoms with Crippen LogP contribution in [-0.2, 0) is 11.3 Å². The molecule has 1 saturated heterocycles. The van der Waals surface area contributed by atoms with E-state index in [0.717, 1.165) is 19.5 Å². The Balaban J connectivity index is 1.88. The molecule has 0 spiro atoms. The number of nitrogens with zero attached hydrogens (tertiary/aromatic N) is 1. The number of halogens is 2. The van der Waals surface area contributed by atoms with Gasteiger partial charge in [-0.05, 0) is 12.1 Å². The molecular formula is C15H15Cl2N2O3+. The summed E-state index contributed by atoms with van der Waals surface area (Å²) in [5, 5.41) is 1.15. The van der Waals surface area contributed by atoms with E-state index >= 15 is 0 Å². The molecule has 0 saturated carbocycles. The zero-order chi connectivity index (χ0) is 15.7. The van der Waals surface area contributed by atoms with E-state index in [1.165, 1.54) is 11.2 Å². The molecular weight excluding hydrogens is 327 g/mol. The molecule has 7 heteroatoms. The van der Waals surface area contributed by atoms with Gasteiger partial charge >= 0.3 is 0 Å². The molecule has 0 aliphatic carbocycles. The van der Waals surface area contributed by atoms with Crippen molar-refractivity contribution in [3.05, 3.63) is 44.2 Å². The molecule has 0 atom stereocenters. The summed E-state index contributed by atoms with van der Waals surface area (Å²) in [5.41, 5.74) is 0.858. The van der Waals surface area contributed by atoms with Crippen molar-refractivity contribution < 1.29 is 14.1 Å². The highest BCUT2D eigenvalue weighted by molar-refractivity contribution is 6.38. The Bertz CT molecular complexity index is 767. The lowest BCUT2D eigenvalue weighted by atomic mass is 10.1. The molecule has 1 N–H and O–H groups in total. The van der Waals surface area contributed by atoms with Crippen LogP contribution < -0.4 is 10.3 Å². The Hall–Kier alpha value is -1.56. The normalized spacial score (nSPS) is 16.2. The smallest absolute Gasteiger partial charge is 0.210 e. The summed E-state index contributed by atoms with van der Waals surface area (Å²) in [6.07, 6.45) is 2.34. The first-order valence-corrected chi connectivity index (χ1v) is 7.76. The molecule has 116 valence electrons. The van der Waals surface area contributed by atoms with Crippen LogP contribution in [0.25, 0.3) is 11.0 Å². The van der Waals surface area contributed by atoms with Gasteiger partial charge in [-0.3, -0.25) is 9.59 Å². The molecule has 2 heterocycles. The maximum atomic E-state index is 12.6. The minimum Gasteiger partial charge on any atom is -0.462 e. The number of benzene rings is 1. The molecule has 0 radical (unpaired) electrons. The summed E-state index contributed by atoms with van der Waals surface area (Å²) in [4.78, 5) is 26.3. The van der Waals surface area contributed by atoms with Gasteiger partial charge in [0.05, 0.1) is 42.2 Å². The van der Waals surface area contributed by atoms with Crippen molar-refractivity contribution in [1.29, 1.82) is 0 Å². The monoisotopic (exact) mass is 341 g/mol. The standard InChI is InChI=1S/C15H14Cl2N2O3/c16-11-5-12-14(21)10(8-22-15(12)13(17)6-11)7-18-1-3-19(9-20)4-2-18/h5-6,8-9H,1-4,7H2/p+1. The molecule has 1 aromatic carbocycles. The van der Waals surface area contributed by atoms with Crippen LogP contribution in [0, 0.1) is 0 Å². The van der Waals surface area contributed by atoms with E-state index in [4.69, 9.17) is 27.6 Å². The number of hydrogen-bond donors (Lipinski definition) is 1. The minimum absolute atomic E-state index is 0.101. The second-order valence-electron chi connectivity index (χ2n) is 5.42. The third-order valence-corrected chi connectivity index (χ3v) is 4.46. The second kappa shape index (κ2) is 6.28. The lowest BCUT2D eigenvalue weighted by molar-refractivity contribution is -0.917. The van der Waals surface area contributed by atoms with Gasteiger partial charge < -0.3 is 14.2 Å². The molecule has 0 bridgehead atoms. The first kappa shape index (κ1) is 15.3. The number of rotatable bonds is 3. The molecule has 0 unspecified atom stereocenters. The maximum absolute atomic E-state index is 12.6. The van der Waals surface area contributed by atoms with Crippen molar-refractivity contribution in [1.82, 2.24) is 4.90 Å². The Morgan fingerprint density at radius 3 is 2.68 bits per heavy atom. The Labute approximate surface area is 137 Å².